The lowest BCUT2D eigenvalue weighted by Crippen LogP contribution is -2.13. The highest BCUT2D eigenvalue weighted by molar-refractivity contribution is 4.93. The summed E-state index contributed by atoms with van der Waals surface area (Å²) < 4.78 is 5.18. The molecule has 0 aliphatic carbocycles. The van der Waals surface area contributed by atoms with Crippen LogP contribution < -0.4 is 10.6 Å². The molecule has 1 aromatic rings. The van der Waals surface area contributed by atoms with Crippen LogP contribution in [0.25, 0.3) is 0 Å². The minimum atomic E-state index is 0.132. The molecule has 84 valence electrons. The average molecular weight is 210 g/mol. The Kier molecular flexibility index (Phi) is 3.33. The van der Waals surface area contributed by atoms with Crippen LogP contribution in [0, 0.1) is 5.92 Å². The molecule has 2 heterocycles. The fraction of sp³-hybridized carbons (Fsp3) is 0.800. The van der Waals surface area contributed by atoms with Crippen molar-refractivity contribution < 1.29 is 4.52 Å². The molecule has 0 bridgehead atoms. The van der Waals surface area contributed by atoms with Gasteiger partial charge in [0.15, 0.2) is 5.82 Å². The maximum atomic E-state index is 5.18. The third kappa shape index (κ3) is 2.54. The van der Waals surface area contributed by atoms with E-state index in [0.717, 1.165) is 25.3 Å². The smallest absolute Gasteiger partial charge is 0.243 e. The molecule has 0 aromatic carbocycles. The zero-order valence-corrected chi connectivity index (χ0v) is 9.29. The van der Waals surface area contributed by atoms with Crippen LogP contribution in [-0.4, -0.2) is 30.3 Å². The Bertz CT molecular complexity index is 306. The fourth-order valence-electron chi connectivity index (χ4n) is 1.80. The van der Waals surface area contributed by atoms with E-state index in [9.17, 15) is 0 Å². The molecular formula is C10H18N4O. The summed E-state index contributed by atoms with van der Waals surface area (Å²) in [5.74, 6) is 2.18. The minimum absolute atomic E-state index is 0.132. The maximum absolute atomic E-state index is 5.18. The average Bonchev–Trinajstić information content (AvgIpc) is 2.88. The molecule has 1 aliphatic heterocycles. The van der Waals surface area contributed by atoms with Crippen molar-refractivity contribution in [2.45, 2.75) is 25.8 Å². The van der Waals surface area contributed by atoms with E-state index >= 15 is 0 Å². The van der Waals surface area contributed by atoms with Gasteiger partial charge in [-0.15, -0.1) is 0 Å². The van der Waals surface area contributed by atoms with Gasteiger partial charge in [0.05, 0.1) is 6.04 Å². The Hall–Kier alpha value is -0.940. The summed E-state index contributed by atoms with van der Waals surface area (Å²) in [6.07, 6.45) is 2.14. The largest absolute Gasteiger partial charge is 0.338 e. The van der Waals surface area contributed by atoms with Gasteiger partial charge in [-0.1, -0.05) is 5.16 Å². The van der Waals surface area contributed by atoms with Crippen molar-refractivity contribution in [1.29, 1.82) is 0 Å². The van der Waals surface area contributed by atoms with E-state index in [1.165, 1.54) is 6.42 Å². The van der Waals surface area contributed by atoms with Crippen molar-refractivity contribution in [3.63, 3.8) is 0 Å². The first kappa shape index (κ1) is 10.6. The first-order chi connectivity index (χ1) is 7.29. The Labute approximate surface area is 89.6 Å². The molecule has 5 nitrogen and oxygen atoms in total. The van der Waals surface area contributed by atoms with Gasteiger partial charge in [0.1, 0.15) is 0 Å². The summed E-state index contributed by atoms with van der Waals surface area (Å²) >= 11 is 0. The topological polar surface area (TPSA) is 63.0 Å². The Morgan fingerprint density at radius 1 is 1.67 bits per heavy atom. The Morgan fingerprint density at radius 2 is 2.53 bits per heavy atom. The van der Waals surface area contributed by atoms with Crippen LogP contribution in [-0.2, 0) is 6.42 Å². The van der Waals surface area contributed by atoms with E-state index in [4.69, 9.17) is 4.52 Å². The monoisotopic (exact) mass is 210 g/mol. The SMILES string of the molecule is CNC(C)c1nc(CC2CCNC2)no1. The molecule has 2 atom stereocenters. The lowest BCUT2D eigenvalue weighted by molar-refractivity contribution is 0.341. The van der Waals surface area contributed by atoms with Gasteiger partial charge in [-0.2, -0.15) is 4.98 Å². The van der Waals surface area contributed by atoms with Gasteiger partial charge in [-0.05, 0) is 39.4 Å². The van der Waals surface area contributed by atoms with Crippen LogP contribution in [0.5, 0.6) is 0 Å². The summed E-state index contributed by atoms with van der Waals surface area (Å²) in [7, 11) is 1.88. The van der Waals surface area contributed by atoms with Gasteiger partial charge in [-0.3, -0.25) is 0 Å². The second kappa shape index (κ2) is 4.72. The summed E-state index contributed by atoms with van der Waals surface area (Å²) in [6, 6.07) is 0.132. The molecule has 15 heavy (non-hydrogen) atoms. The van der Waals surface area contributed by atoms with Gasteiger partial charge in [0.2, 0.25) is 5.89 Å². The molecule has 5 heteroatoms. The van der Waals surface area contributed by atoms with Crippen molar-refractivity contribution >= 4 is 0 Å². The van der Waals surface area contributed by atoms with Crippen molar-refractivity contribution in [1.82, 2.24) is 20.8 Å². The zero-order chi connectivity index (χ0) is 10.7. The van der Waals surface area contributed by atoms with Crippen LogP contribution in [0.4, 0.5) is 0 Å². The van der Waals surface area contributed by atoms with Crippen LogP contribution >= 0.6 is 0 Å². The van der Waals surface area contributed by atoms with Crippen LogP contribution in [0.1, 0.15) is 31.1 Å². The van der Waals surface area contributed by atoms with Crippen molar-refractivity contribution in [2.24, 2.45) is 5.92 Å². The molecule has 1 aliphatic rings. The van der Waals surface area contributed by atoms with Gasteiger partial charge in [0, 0.05) is 6.42 Å². The highest BCUT2D eigenvalue weighted by atomic mass is 16.5. The van der Waals surface area contributed by atoms with E-state index in [1.54, 1.807) is 0 Å². The van der Waals surface area contributed by atoms with E-state index < -0.39 is 0 Å². The lowest BCUT2D eigenvalue weighted by Gasteiger charge is -2.03. The van der Waals surface area contributed by atoms with E-state index in [-0.39, 0.29) is 6.04 Å². The van der Waals surface area contributed by atoms with Gasteiger partial charge < -0.3 is 15.2 Å². The second-order valence-electron chi connectivity index (χ2n) is 4.12. The number of rotatable bonds is 4. The summed E-state index contributed by atoms with van der Waals surface area (Å²) in [5.41, 5.74) is 0. The number of hydrogen-bond donors (Lipinski definition) is 2. The van der Waals surface area contributed by atoms with Crippen molar-refractivity contribution in [3.8, 4) is 0 Å². The summed E-state index contributed by atoms with van der Waals surface area (Å²) in [6.45, 7) is 4.20. The molecule has 1 saturated heterocycles. The highest BCUT2D eigenvalue weighted by Crippen LogP contribution is 2.15. The first-order valence-electron chi connectivity index (χ1n) is 5.50. The predicted octanol–water partition coefficient (Wildman–Crippen LogP) is 0.502. The van der Waals surface area contributed by atoms with Gasteiger partial charge >= 0.3 is 0 Å². The Balaban J connectivity index is 1.94. The summed E-state index contributed by atoms with van der Waals surface area (Å²) in [5, 5.41) is 10.4. The number of nitrogens with one attached hydrogen (secondary N) is 2. The molecule has 2 N–H and O–H groups in total. The van der Waals surface area contributed by atoms with E-state index in [0.29, 0.717) is 11.8 Å². The van der Waals surface area contributed by atoms with Crippen LogP contribution in [0.15, 0.2) is 4.52 Å². The minimum Gasteiger partial charge on any atom is -0.338 e. The lowest BCUT2D eigenvalue weighted by atomic mass is 10.1. The molecular weight excluding hydrogens is 192 g/mol. The molecule has 0 saturated carbocycles. The molecule has 1 fully saturated rings. The molecule has 2 rings (SSSR count). The fourth-order valence-corrected chi connectivity index (χ4v) is 1.80. The third-order valence-electron chi connectivity index (χ3n) is 2.92. The van der Waals surface area contributed by atoms with Crippen LogP contribution in [0.3, 0.4) is 0 Å². The number of hydrogen-bond acceptors (Lipinski definition) is 5. The van der Waals surface area contributed by atoms with Crippen molar-refractivity contribution in [2.75, 3.05) is 20.1 Å². The van der Waals surface area contributed by atoms with Gasteiger partial charge in [0.25, 0.3) is 0 Å². The second-order valence-corrected chi connectivity index (χ2v) is 4.12. The zero-order valence-electron chi connectivity index (χ0n) is 9.29. The standard InChI is InChI=1S/C10H18N4O/c1-7(11-2)10-13-9(14-15-10)5-8-3-4-12-6-8/h7-8,11-12H,3-6H2,1-2H3. The molecule has 0 radical (unpaired) electrons. The molecule has 0 amide bonds. The number of nitrogens with zero attached hydrogens (tertiary/aromatic N) is 2. The number of aromatic nitrogens is 2. The highest BCUT2D eigenvalue weighted by Gasteiger charge is 2.19. The van der Waals surface area contributed by atoms with Gasteiger partial charge in [-0.25, -0.2) is 0 Å². The predicted molar refractivity (Wildman–Crippen MR) is 56.5 cm³/mol. The quantitative estimate of drug-likeness (QED) is 0.758. The molecule has 2 unspecified atom stereocenters. The van der Waals surface area contributed by atoms with E-state index in [2.05, 4.69) is 20.8 Å². The van der Waals surface area contributed by atoms with Crippen molar-refractivity contribution in [3.05, 3.63) is 11.7 Å². The first-order valence-corrected chi connectivity index (χ1v) is 5.50. The summed E-state index contributed by atoms with van der Waals surface area (Å²) in [4.78, 5) is 4.38. The van der Waals surface area contributed by atoms with E-state index in [1.807, 2.05) is 14.0 Å². The molecule has 0 spiro atoms. The third-order valence-corrected chi connectivity index (χ3v) is 2.92. The molecule has 1 aromatic heterocycles. The maximum Gasteiger partial charge on any atom is 0.243 e. The van der Waals surface area contributed by atoms with Crippen LogP contribution in [0.2, 0.25) is 0 Å². The normalized spacial score (nSPS) is 23.2. The Morgan fingerprint density at radius 3 is 3.20 bits per heavy atom.